The fourth-order valence-electron chi connectivity index (χ4n) is 3.02. The van der Waals surface area contributed by atoms with E-state index < -0.39 is 0 Å². The second-order valence-corrected chi connectivity index (χ2v) is 6.62. The maximum Gasteiger partial charge on any atom is 0.258 e. The predicted molar refractivity (Wildman–Crippen MR) is 106 cm³/mol. The lowest BCUT2D eigenvalue weighted by Gasteiger charge is -2.34. The predicted octanol–water partition coefficient (Wildman–Crippen LogP) is 2.49. The van der Waals surface area contributed by atoms with Gasteiger partial charge in [-0.3, -0.25) is 14.9 Å². The molecule has 6 heteroatoms. The quantitative estimate of drug-likeness (QED) is 0.517. The molecule has 0 aromatic heterocycles. The monoisotopic (exact) mass is 364 g/mol. The topological polar surface area (TPSA) is 65.0 Å². The van der Waals surface area contributed by atoms with E-state index in [0.29, 0.717) is 37.7 Å². The molecule has 2 amide bonds. The van der Waals surface area contributed by atoms with Gasteiger partial charge in [0.15, 0.2) is 0 Å². The molecule has 1 saturated heterocycles. The summed E-state index contributed by atoms with van der Waals surface area (Å²) in [7, 11) is 0. The van der Waals surface area contributed by atoms with Crippen LogP contribution in [0, 0.1) is 13.8 Å². The summed E-state index contributed by atoms with van der Waals surface area (Å²) in [4.78, 5) is 32.3. The first-order valence-corrected chi connectivity index (χ1v) is 9.04. The van der Waals surface area contributed by atoms with Crippen LogP contribution in [0.15, 0.2) is 53.5 Å². The van der Waals surface area contributed by atoms with Gasteiger partial charge in [-0.05, 0) is 37.1 Å². The molecule has 3 rings (SSSR count). The van der Waals surface area contributed by atoms with E-state index >= 15 is 0 Å². The van der Waals surface area contributed by atoms with Crippen molar-refractivity contribution in [3.05, 3.63) is 65.2 Å². The highest BCUT2D eigenvalue weighted by molar-refractivity contribution is 6.07. The van der Waals surface area contributed by atoms with Crippen molar-refractivity contribution in [2.45, 2.75) is 13.8 Å². The van der Waals surface area contributed by atoms with Gasteiger partial charge in [0, 0.05) is 31.7 Å². The molecule has 0 unspecified atom stereocenters. The van der Waals surface area contributed by atoms with Crippen molar-refractivity contribution in [1.82, 2.24) is 15.1 Å². The fourth-order valence-corrected chi connectivity index (χ4v) is 3.02. The van der Waals surface area contributed by atoms with E-state index in [1.165, 1.54) is 0 Å². The number of amides is 2. The number of benzene rings is 2. The van der Waals surface area contributed by atoms with Crippen LogP contribution in [-0.4, -0.2) is 54.3 Å². The number of nitrogens with zero attached hydrogens (tertiary/aromatic N) is 3. The van der Waals surface area contributed by atoms with E-state index in [1.807, 2.05) is 61.2 Å². The number of hydrogen-bond acceptors (Lipinski definition) is 3. The van der Waals surface area contributed by atoms with Gasteiger partial charge in [0.25, 0.3) is 5.91 Å². The van der Waals surface area contributed by atoms with Crippen LogP contribution in [0.4, 0.5) is 5.69 Å². The smallest absolute Gasteiger partial charge is 0.258 e. The minimum absolute atomic E-state index is 0.182. The molecule has 1 fully saturated rings. The minimum Gasteiger partial charge on any atom is -0.342 e. The Kier molecular flexibility index (Phi) is 5.86. The Hall–Kier alpha value is -3.15. The number of guanidine groups is 1. The minimum atomic E-state index is -0.182. The zero-order chi connectivity index (χ0) is 19.2. The van der Waals surface area contributed by atoms with Gasteiger partial charge >= 0.3 is 0 Å². The van der Waals surface area contributed by atoms with Crippen LogP contribution in [-0.2, 0) is 4.79 Å². The van der Waals surface area contributed by atoms with Crippen molar-refractivity contribution in [2.24, 2.45) is 4.99 Å². The Morgan fingerprint density at radius 3 is 2.22 bits per heavy atom. The summed E-state index contributed by atoms with van der Waals surface area (Å²) in [5.74, 6) is 0.335. The van der Waals surface area contributed by atoms with Gasteiger partial charge in [0.2, 0.25) is 12.4 Å². The number of carbonyl (C=O) groups is 2. The maximum atomic E-state index is 12.8. The van der Waals surface area contributed by atoms with Gasteiger partial charge in [-0.25, -0.2) is 4.99 Å². The number of nitrogens with one attached hydrogen (secondary N) is 1. The second-order valence-electron chi connectivity index (χ2n) is 6.62. The molecule has 27 heavy (non-hydrogen) atoms. The van der Waals surface area contributed by atoms with Crippen LogP contribution in [0.5, 0.6) is 0 Å². The Labute approximate surface area is 159 Å². The third kappa shape index (κ3) is 4.53. The van der Waals surface area contributed by atoms with Crippen LogP contribution in [0.2, 0.25) is 0 Å². The fraction of sp³-hybridized carbons (Fsp3) is 0.286. The van der Waals surface area contributed by atoms with Gasteiger partial charge in [-0.2, -0.15) is 0 Å². The van der Waals surface area contributed by atoms with E-state index in [-0.39, 0.29) is 5.91 Å². The van der Waals surface area contributed by atoms with Gasteiger partial charge in [0.1, 0.15) is 0 Å². The summed E-state index contributed by atoms with van der Waals surface area (Å²) >= 11 is 0. The second kappa shape index (κ2) is 8.49. The zero-order valence-corrected chi connectivity index (χ0v) is 15.7. The van der Waals surface area contributed by atoms with E-state index in [2.05, 4.69) is 5.32 Å². The van der Waals surface area contributed by atoms with Crippen LogP contribution in [0.25, 0.3) is 0 Å². The van der Waals surface area contributed by atoms with Crippen molar-refractivity contribution >= 4 is 24.0 Å². The molecule has 1 N–H and O–H groups in total. The van der Waals surface area contributed by atoms with Gasteiger partial charge < -0.3 is 9.80 Å². The molecule has 0 saturated carbocycles. The third-order valence-corrected chi connectivity index (χ3v) is 4.72. The average molecular weight is 364 g/mol. The Balaban J connectivity index is 1.88. The van der Waals surface area contributed by atoms with E-state index in [9.17, 15) is 9.59 Å². The van der Waals surface area contributed by atoms with Crippen LogP contribution < -0.4 is 5.32 Å². The number of hydrogen-bond donors (Lipinski definition) is 1. The molecule has 2 aromatic rings. The lowest BCUT2D eigenvalue weighted by atomic mass is 10.1. The molecule has 0 aliphatic carbocycles. The number of piperazine rings is 1. The third-order valence-electron chi connectivity index (χ3n) is 4.72. The zero-order valence-electron chi connectivity index (χ0n) is 15.7. The molecular formula is C21H24N4O2. The highest BCUT2D eigenvalue weighted by Gasteiger charge is 2.21. The summed E-state index contributed by atoms with van der Waals surface area (Å²) < 4.78 is 0. The number of aryl methyl sites for hydroxylation is 2. The molecule has 1 aliphatic rings. The molecular weight excluding hydrogens is 340 g/mol. The maximum absolute atomic E-state index is 12.8. The lowest BCUT2D eigenvalue weighted by Crippen LogP contribution is -2.53. The van der Waals surface area contributed by atoms with Crippen molar-refractivity contribution in [3.8, 4) is 0 Å². The average Bonchev–Trinajstić information content (AvgIpc) is 2.69. The molecule has 0 radical (unpaired) electrons. The Morgan fingerprint density at radius 1 is 0.963 bits per heavy atom. The molecule has 1 aliphatic heterocycles. The molecule has 2 aromatic carbocycles. The molecule has 1 heterocycles. The van der Waals surface area contributed by atoms with Crippen molar-refractivity contribution in [3.63, 3.8) is 0 Å². The van der Waals surface area contributed by atoms with Crippen LogP contribution in [0.3, 0.4) is 0 Å². The summed E-state index contributed by atoms with van der Waals surface area (Å²) in [5, 5.41) is 2.98. The van der Waals surface area contributed by atoms with E-state index in [4.69, 9.17) is 4.99 Å². The first kappa shape index (κ1) is 18.6. The molecule has 0 bridgehead atoms. The largest absolute Gasteiger partial charge is 0.342 e. The summed E-state index contributed by atoms with van der Waals surface area (Å²) in [6.45, 7) is 6.36. The highest BCUT2D eigenvalue weighted by atomic mass is 16.2. The number of carbonyl (C=O) groups excluding carboxylic acids is 2. The number of rotatable bonds is 3. The highest BCUT2D eigenvalue weighted by Crippen LogP contribution is 2.18. The summed E-state index contributed by atoms with van der Waals surface area (Å²) in [5.41, 5.74) is 3.39. The lowest BCUT2D eigenvalue weighted by molar-refractivity contribution is -0.119. The molecule has 0 spiro atoms. The van der Waals surface area contributed by atoms with Crippen molar-refractivity contribution < 1.29 is 9.59 Å². The van der Waals surface area contributed by atoms with Crippen molar-refractivity contribution in [1.29, 1.82) is 0 Å². The molecule has 0 atom stereocenters. The van der Waals surface area contributed by atoms with E-state index in [0.717, 1.165) is 23.2 Å². The van der Waals surface area contributed by atoms with Crippen molar-refractivity contribution in [2.75, 3.05) is 26.2 Å². The van der Waals surface area contributed by atoms with E-state index in [1.54, 1.807) is 11.0 Å². The Morgan fingerprint density at radius 2 is 1.59 bits per heavy atom. The standard InChI is InChI=1S/C21H24N4O2/c1-16-7-3-5-9-18(16)20(27)23-21(22-19-10-6-4-8-17(19)2)25-13-11-24(15-26)12-14-25/h3-10,15H,11-14H2,1-2H3,(H,22,23,27). The van der Waals surface area contributed by atoms with Gasteiger partial charge in [-0.1, -0.05) is 36.4 Å². The first-order valence-electron chi connectivity index (χ1n) is 9.04. The first-order chi connectivity index (χ1) is 13.1. The van der Waals surface area contributed by atoms with Gasteiger partial charge in [-0.15, -0.1) is 0 Å². The molecule has 6 nitrogen and oxygen atoms in total. The van der Waals surface area contributed by atoms with Crippen LogP contribution >= 0.6 is 0 Å². The number of aliphatic imine (C=N–C) groups is 1. The summed E-state index contributed by atoms with van der Waals surface area (Å²) in [6, 6.07) is 15.3. The Bertz CT molecular complexity index is 855. The molecule has 140 valence electrons. The number of para-hydroxylation sites is 1. The van der Waals surface area contributed by atoms with Gasteiger partial charge in [0.05, 0.1) is 5.69 Å². The normalized spacial score (nSPS) is 14.8. The van der Waals surface area contributed by atoms with Crippen LogP contribution in [0.1, 0.15) is 21.5 Å². The summed E-state index contributed by atoms with van der Waals surface area (Å²) in [6.07, 6.45) is 0.863. The SMILES string of the molecule is Cc1ccccc1N=C(NC(=O)c1ccccc1C)N1CCN(C=O)CC1.